The molecule has 0 radical (unpaired) electrons. The Morgan fingerprint density at radius 2 is 1.91 bits per heavy atom. The third-order valence-electron chi connectivity index (χ3n) is 5.11. The van der Waals surface area contributed by atoms with Crippen LogP contribution in [0, 0.1) is 12.3 Å². The fourth-order valence-electron chi connectivity index (χ4n) is 3.26. The number of hydrogen-bond acceptors (Lipinski definition) is 11. The van der Waals surface area contributed by atoms with Crippen molar-refractivity contribution >= 4 is 28.3 Å². The molecule has 3 rings (SSSR count). The number of hydrogen-bond donors (Lipinski definition) is 1. The lowest BCUT2D eigenvalue weighted by Crippen LogP contribution is -2.47. The number of esters is 1. The molecule has 3 amide bonds. The summed E-state index contributed by atoms with van der Waals surface area (Å²) in [6.07, 6.45) is 0.592. The molecule has 2 atom stereocenters. The van der Waals surface area contributed by atoms with E-state index >= 15 is 0 Å². The number of fused-ring (bicyclic) bond motifs is 2. The van der Waals surface area contributed by atoms with Crippen molar-refractivity contribution in [1.82, 2.24) is 9.96 Å². The second-order valence-corrected chi connectivity index (χ2v) is 9.25. The molecule has 3 heterocycles. The maximum atomic E-state index is 12.4. The summed E-state index contributed by atoms with van der Waals surface area (Å²) in [7, 11) is -4.73. The highest BCUT2D eigenvalue weighted by atomic mass is 32.3. The maximum Gasteiger partial charge on any atom is 0.519 e. The second kappa shape index (κ2) is 8.55. The van der Waals surface area contributed by atoms with Crippen LogP contribution in [0.25, 0.3) is 0 Å². The molecule has 2 N–H and O–H groups in total. The largest absolute Gasteiger partial charge is 0.519 e. The van der Waals surface area contributed by atoms with Gasteiger partial charge >= 0.3 is 28.2 Å². The van der Waals surface area contributed by atoms with Crippen LogP contribution in [0.3, 0.4) is 0 Å². The van der Waals surface area contributed by atoms with Gasteiger partial charge in [-0.25, -0.2) is 13.8 Å². The first-order chi connectivity index (χ1) is 14.8. The Morgan fingerprint density at radius 3 is 2.50 bits per heavy atom. The molecule has 2 saturated heterocycles. The van der Waals surface area contributed by atoms with Gasteiger partial charge in [0, 0.05) is 6.54 Å². The van der Waals surface area contributed by atoms with Gasteiger partial charge < -0.3 is 24.2 Å². The summed E-state index contributed by atoms with van der Waals surface area (Å²) in [5, 5.41) is 0.632. The Morgan fingerprint density at radius 1 is 1.22 bits per heavy atom. The molecule has 2 aliphatic rings. The van der Waals surface area contributed by atoms with E-state index in [1.165, 1.54) is 20.8 Å². The molecule has 1 aromatic heterocycles. The van der Waals surface area contributed by atoms with Gasteiger partial charge in [-0.3, -0.25) is 9.59 Å². The van der Waals surface area contributed by atoms with E-state index in [4.69, 9.17) is 23.4 Å². The number of urea groups is 1. The topological polar surface area (TPSA) is 189 Å². The monoisotopic (exact) mass is 477 g/mol. The van der Waals surface area contributed by atoms with Crippen molar-refractivity contribution in [2.24, 2.45) is 11.1 Å². The van der Waals surface area contributed by atoms with E-state index in [-0.39, 0.29) is 24.5 Å². The Kier molecular flexibility index (Phi) is 6.35. The van der Waals surface area contributed by atoms with Crippen LogP contribution in [-0.4, -0.2) is 61.5 Å². The SMILES string of the molecule is Cc1oc(=O)oc1COC(=O)C(C)(C)COS(=O)(=O)ON1C(=O)N2C[C@H]1CC[C@H]2C(N)=O. The van der Waals surface area contributed by atoms with E-state index in [0.717, 1.165) is 4.90 Å². The third-order valence-corrected chi connectivity index (χ3v) is 5.86. The number of aryl methyl sites for hydroxylation is 1. The number of primary amides is 1. The summed E-state index contributed by atoms with van der Waals surface area (Å²) in [6, 6.07) is -2.26. The molecule has 0 aliphatic carbocycles. The van der Waals surface area contributed by atoms with Gasteiger partial charge in [0.1, 0.15) is 6.04 Å². The molecule has 2 aliphatic heterocycles. The lowest BCUT2D eigenvalue weighted by Gasteiger charge is -2.27. The quantitative estimate of drug-likeness (QED) is 0.454. The van der Waals surface area contributed by atoms with Crippen molar-refractivity contribution in [2.75, 3.05) is 13.2 Å². The molecule has 0 unspecified atom stereocenters. The number of nitrogens with two attached hydrogens (primary N) is 1. The first kappa shape index (κ1) is 23.7. The molecule has 1 aromatic rings. The number of carbonyl (C=O) groups is 3. The van der Waals surface area contributed by atoms with Crippen LogP contribution in [0.5, 0.6) is 0 Å². The molecule has 15 heteroatoms. The summed E-state index contributed by atoms with van der Waals surface area (Å²) in [5.41, 5.74) is 3.83. The molecule has 32 heavy (non-hydrogen) atoms. The standard InChI is InChI=1S/C17H23N3O11S/c1-9-12(30-16(24)29-9)7-27-14(22)17(2,3)8-28-32(25,26)31-20-10-4-5-11(13(18)21)19(6-10)15(20)23/h10-11H,4-8H2,1-3H3,(H2,18,21)/t10-,11+/m1/s1. The predicted octanol–water partition coefficient (Wildman–Crippen LogP) is -0.442. The Labute approximate surface area is 182 Å². The van der Waals surface area contributed by atoms with Gasteiger partial charge in [-0.15, -0.1) is 4.28 Å². The van der Waals surface area contributed by atoms with Crippen LogP contribution in [0.1, 0.15) is 38.2 Å². The van der Waals surface area contributed by atoms with Gasteiger partial charge in [0.15, 0.2) is 18.1 Å². The maximum absolute atomic E-state index is 12.4. The highest BCUT2D eigenvalue weighted by molar-refractivity contribution is 7.81. The van der Waals surface area contributed by atoms with Gasteiger partial charge in [0.05, 0.1) is 18.1 Å². The Hall–Kier alpha value is -2.91. The van der Waals surface area contributed by atoms with Crippen molar-refractivity contribution in [2.45, 2.75) is 52.3 Å². The first-order valence-corrected chi connectivity index (χ1v) is 10.9. The molecular formula is C17H23N3O11S. The third kappa shape index (κ3) is 4.94. The van der Waals surface area contributed by atoms with E-state index in [9.17, 15) is 27.6 Å². The number of hydroxylamine groups is 2. The second-order valence-electron chi connectivity index (χ2n) is 8.05. The van der Waals surface area contributed by atoms with Crippen LogP contribution in [0.2, 0.25) is 0 Å². The number of amides is 3. The van der Waals surface area contributed by atoms with Gasteiger partial charge in [-0.05, 0) is 33.6 Å². The normalized spacial score (nSPS) is 21.2. The van der Waals surface area contributed by atoms with Gasteiger partial charge in [-0.2, -0.15) is 13.5 Å². The van der Waals surface area contributed by atoms with Gasteiger partial charge in [0.25, 0.3) is 0 Å². The summed E-state index contributed by atoms with van der Waals surface area (Å²) in [5.74, 6) is -2.33. The van der Waals surface area contributed by atoms with Crippen LogP contribution in [-0.2, 0) is 39.8 Å². The van der Waals surface area contributed by atoms with Crippen molar-refractivity contribution in [1.29, 1.82) is 0 Å². The highest BCUT2D eigenvalue weighted by Gasteiger charge is 2.49. The van der Waals surface area contributed by atoms with Crippen molar-refractivity contribution < 1.29 is 44.8 Å². The van der Waals surface area contributed by atoms with Crippen LogP contribution in [0.4, 0.5) is 4.79 Å². The minimum absolute atomic E-state index is 0.0129. The van der Waals surface area contributed by atoms with Crippen molar-refractivity contribution in [3.63, 3.8) is 0 Å². The van der Waals surface area contributed by atoms with E-state index < -0.39 is 64.8 Å². The highest BCUT2D eigenvalue weighted by Crippen LogP contribution is 2.31. The molecule has 0 saturated carbocycles. The zero-order valence-corrected chi connectivity index (χ0v) is 18.4. The summed E-state index contributed by atoms with van der Waals surface area (Å²) in [4.78, 5) is 48.4. The first-order valence-electron chi connectivity index (χ1n) is 9.55. The van der Waals surface area contributed by atoms with E-state index in [2.05, 4.69) is 4.42 Å². The van der Waals surface area contributed by atoms with Crippen LogP contribution in [0.15, 0.2) is 13.6 Å². The number of carbonyl (C=O) groups excluding carboxylic acids is 3. The Balaban J connectivity index is 1.56. The zero-order chi connectivity index (χ0) is 23.8. The van der Waals surface area contributed by atoms with E-state index in [1.807, 2.05) is 0 Å². The van der Waals surface area contributed by atoms with Gasteiger partial charge in [0.2, 0.25) is 5.91 Å². The van der Waals surface area contributed by atoms with Crippen LogP contribution < -0.4 is 11.6 Å². The molecule has 2 fully saturated rings. The minimum atomic E-state index is -4.73. The molecule has 178 valence electrons. The summed E-state index contributed by atoms with van der Waals surface area (Å²) in [6.45, 7) is 3.19. The van der Waals surface area contributed by atoms with E-state index in [1.54, 1.807) is 0 Å². The number of ether oxygens (including phenoxy) is 1. The molecule has 2 bridgehead atoms. The summed E-state index contributed by atoms with van der Waals surface area (Å²) >= 11 is 0. The number of rotatable bonds is 9. The molecule has 0 spiro atoms. The van der Waals surface area contributed by atoms with Crippen molar-refractivity contribution in [3.05, 3.63) is 22.1 Å². The lowest BCUT2D eigenvalue weighted by atomic mass is 9.95. The fourth-order valence-corrected chi connectivity index (χ4v) is 4.12. The minimum Gasteiger partial charge on any atom is -0.457 e. The van der Waals surface area contributed by atoms with Crippen molar-refractivity contribution in [3.8, 4) is 0 Å². The Bertz CT molecular complexity index is 1070. The molecule has 0 aromatic carbocycles. The number of piperidine rings is 1. The predicted molar refractivity (Wildman–Crippen MR) is 101 cm³/mol. The molecular weight excluding hydrogens is 454 g/mol. The smallest absolute Gasteiger partial charge is 0.457 e. The fraction of sp³-hybridized carbons (Fsp3) is 0.647. The average Bonchev–Trinajstić information content (AvgIpc) is 3.15. The molecule has 14 nitrogen and oxygen atoms in total. The average molecular weight is 477 g/mol. The lowest BCUT2D eigenvalue weighted by molar-refractivity contribution is -0.157. The zero-order valence-electron chi connectivity index (χ0n) is 17.6. The summed E-state index contributed by atoms with van der Waals surface area (Å²) < 4.78 is 48.5. The number of nitrogens with zero attached hydrogens (tertiary/aromatic N) is 2. The van der Waals surface area contributed by atoms with Gasteiger partial charge in [-0.1, -0.05) is 0 Å². The van der Waals surface area contributed by atoms with E-state index in [0.29, 0.717) is 11.5 Å². The van der Waals surface area contributed by atoms with Crippen LogP contribution >= 0.6 is 0 Å².